The molecule has 1 aromatic rings. The van der Waals surface area contributed by atoms with Gasteiger partial charge in [0.15, 0.2) is 0 Å². The SMILES string of the molecule is CCN(CCCN(C)C)C(=O)c1ccc(C)cc1O. The van der Waals surface area contributed by atoms with Gasteiger partial charge in [0.1, 0.15) is 5.75 Å². The summed E-state index contributed by atoms with van der Waals surface area (Å²) in [7, 11) is 4.04. The van der Waals surface area contributed by atoms with Crippen molar-refractivity contribution in [3.8, 4) is 5.75 Å². The van der Waals surface area contributed by atoms with Crippen LogP contribution in [0.1, 0.15) is 29.3 Å². The number of aryl methyl sites for hydroxylation is 1. The van der Waals surface area contributed by atoms with Gasteiger partial charge in [0.25, 0.3) is 5.91 Å². The van der Waals surface area contributed by atoms with Crippen LogP contribution in [0.4, 0.5) is 0 Å². The van der Waals surface area contributed by atoms with E-state index in [0.717, 1.165) is 18.5 Å². The molecule has 0 atom stereocenters. The van der Waals surface area contributed by atoms with Gasteiger partial charge in [0.05, 0.1) is 5.56 Å². The summed E-state index contributed by atoms with van der Waals surface area (Å²) in [5.41, 5.74) is 1.34. The molecule has 0 heterocycles. The lowest BCUT2D eigenvalue weighted by atomic mass is 10.1. The summed E-state index contributed by atoms with van der Waals surface area (Å²) < 4.78 is 0. The minimum absolute atomic E-state index is 0.0658. The zero-order valence-corrected chi connectivity index (χ0v) is 12.3. The highest BCUT2D eigenvalue weighted by atomic mass is 16.3. The van der Waals surface area contributed by atoms with Crippen LogP contribution in [0.25, 0.3) is 0 Å². The standard InChI is InChI=1S/C15H24N2O2/c1-5-17(10-6-9-16(3)4)15(19)13-8-7-12(2)11-14(13)18/h7-8,11,18H,5-6,9-10H2,1-4H3. The predicted molar refractivity (Wildman–Crippen MR) is 77.6 cm³/mol. The first-order chi connectivity index (χ1) is 8.95. The van der Waals surface area contributed by atoms with Crippen LogP contribution in [0, 0.1) is 6.92 Å². The minimum Gasteiger partial charge on any atom is -0.507 e. The van der Waals surface area contributed by atoms with Crippen LogP contribution in [0.3, 0.4) is 0 Å². The molecule has 0 radical (unpaired) electrons. The molecule has 1 amide bonds. The third kappa shape index (κ3) is 4.56. The van der Waals surface area contributed by atoms with Crippen molar-refractivity contribution >= 4 is 5.91 Å². The topological polar surface area (TPSA) is 43.8 Å². The molecular formula is C15H24N2O2. The summed E-state index contributed by atoms with van der Waals surface area (Å²) in [6, 6.07) is 5.17. The highest BCUT2D eigenvalue weighted by molar-refractivity contribution is 5.96. The molecule has 4 heteroatoms. The molecule has 0 saturated heterocycles. The van der Waals surface area contributed by atoms with Gasteiger partial charge in [-0.15, -0.1) is 0 Å². The first-order valence-electron chi connectivity index (χ1n) is 6.69. The van der Waals surface area contributed by atoms with E-state index in [1.807, 2.05) is 34.0 Å². The minimum atomic E-state index is -0.0984. The number of carbonyl (C=O) groups is 1. The van der Waals surface area contributed by atoms with E-state index >= 15 is 0 Å². The summed E-state index contributed by atoms with van der Waals surface area (Å²) in [6.07, 6.45) is 0.930. The number of rotatable bonds is 6. The second-order valence-electron chi connectivity index (χ2n) is 5.06. The van der Waals surface area contributed by atoms with E-state index in [-0.39, 0.29) is 11.7 Å². The molecule has 0 aliphatic rings. The van der Waals surface area contributed by atoms with Crippen molar-refractivity contribution in [3.63, 3.8) is 0 Å². The zero-order chi connectivity index (χ0) is 14.4. The Kier molecular flexibility index (Phi) is 5.83. The molecule has 0 fully saturated rings. The zero-order valence-electron chi connectivity index (χ0n) is 12.3. The number of nitrogens with zero attached hydrogens (tertiary/aromatic N) is 2. The Morgan fingerprint density at radius 3 is 2.47 bits per heavy atom. The lowest BCUT2D eigenvalue weighted by Crippen LogP contribution is -2.33. The highest BCUT2D eigenvalue weighted by Crippen LogP contribution is 2.20. The first-order valence-corrected chi connectivity index (χ1v) is 6.69. The van der Waals surface area contributed by atoms with Crippen LogP contribution in [-0.2, 0) is 0 Å². The molecule has 0 aliphatic carbocycles. The molecule has 0 bridgehead atoms. The van der Waals surface area contributed by atoms with Crippen LogP contribution in [0.5, 0.6) is 5.75 Å². The Morgan fingerprint density at radius 1 is 1.26 bits per heavy atom. The molecule has 0 aromatic heterocycles. The Balaban J connectivity index is 2.72. The molecule has 1 N–H and O–H groups in total. The van der Waals surface area contributed by atoms with Crippen LogP contribution in [-0.4, -0.2) is 54.5 Å². The number of amides is 1. The average Bonchev–Trinajstić information content (AvgIpc) is 2.33. The van der Waals surface area contributed by atoms with Gasteiger partial charge >= 0.3 is 0 Å². The second kappa shape index (κ2) is 7.14. The maximum Gasteiger partial charge on any atom is 0.257 e. The fourth-order valence-electron chi connectivity index (χ4n) is 1.97. The van der Waals surface area contributed by atoms with E-state index in [2.05, 4.69) is 4.90 Å². The number of benzene rings is 1. The van der Waals surface area contributed by atoms with E-state index in [1.165, 1.54) is 0 Å². The van der Waals surface area contributed by atoms with Crippen LogP contribution in [0.2, 0.25) is 0 Å². The molecule has 0 saturated carbocycles. The molecule has 1 aromatic carbocycles. The lowest BCUT2D eigenvalue weighted by molar-refractivity contribution is 0.0756. The lowest BCUT2D eigenvalue weighted by Gasteiger charge is -2.22. The molecule has 1 rings (SSSR count). The largest absolute Gasteiger partial charge is 0.507 e. The normalized spacial score (nSPS) is 10.8. The molecule has 0 spiro atoms. The summed E-state index contributed by atoms with van der Waals surface area (Å²) in [6.45, 7) is 6.16. The maximum absolute atomic E-state index is 12.3. The van der Waals surface area contributed by atoms with Gasteiger partial charge in [-0.25, -0.2) is 0 Å². The number of hydrogen-bond acceptors (Lipinski definition) is 3. The predicted octanol–water partition coefficient (Wildman–Crippen LogP) is 2.11. The Morgan fingerprint density at radius 2 is 1.95 bits per heavy atom. The monoisotopic (exact) mass is 264 g/mol. The molecule has 106 valence electrons. The smallest absolute Gasteiger partial charge is 0.257 e. The Labute approximate surface area is 115 Å². The number of hydrogen-bond donors (Lipinski definition) is 1. The van der Waals surface area contributed by atoms with Crippen molar-refractivity contribution in [1.82, 2.24) is 9.80 Å². The summed E-state index contributed by atoms with van der Waals surface area (Å²) in [4.78, 5) is 16.2. The molecule has 4 nitrogen and oxygen atoms in total. The van der Waals surface area contributed by atoms with E-state index in [9.17, 15) is 9.90 Å². The number of carbonyl (C=O) groups excluding carboxylic acids is 1. The van der Waals surface area contributed by atoms with Gasteiger partial charge in [-0.3, -0.25) is 4.79 Å². The Hall–Kier alpha value is -1.55. The van der Waals surface area contributed by atoms with Gasteiger partial charge in [0, 0.05) is 13.1 Å². The third-order valence-electron chi connectivity index (χ3n) is 3.09. The number of phenols is 1. The van der Waals surface area contributed by atoms with Crippen molar-refractivity contribution < 1.29 is 9.90 Å². The van der Waals surface area contributed by atoms with Gasteiger partial charge < -0.3 is 14.9 Å². The van der Waals surface area contributed by atoms with Gasteiger partial charge in [-0.05, 0) is 58.6 Å². The fraction of sp³-hybridized carbons (Fsp3) is 0.533. The van der Waals surface area contributed by atoms with Crippen LogP contribution >= 0.6 is 0 Å². The molecular weight excluding hydrogens is 240 g/mol. The van der Waals surface area contributed by atoms with Crippen molar-refractivity contribution in [2.24, 2.45) is 0 Å². The van der Waals surface area contributed by atoms with Gasteiger partial charge in [-0.1, -0.05) is 6.07 Å². The highest BCUT2D eigenvalue weighted by Gasteiger charge is 2.17. The maximum atomic E-state index is 12.3. The number of aromatic hydroxyl groups is 1. The quantitative estimate of drug-likeness (QED) is 0.856. The fourth-order valence-corrected chi connectivity index (χ4v) is 1.97. The van der Waals surface area contributed by atoms with Crippen LogP contribution < -0.4 is 0 Å². The van der Waals surface area contributed by atoms with E-state index < -0.39 is 0 Å². The van der Waals surface area contributed by atoms with Crippen molar-refractivity contribution in [1.29, 1.82) is 0 Å². The average molecular weight is 264 g/mol. The molecule has 0 aliphatic heterocycles. The van der Waals surface area contributed by atoms with Crippen molar-refractivity contribution in [3.05, 3.63) is 29.3 Å². The summed E-state index contributed by atoms with van der Waals surface area (Å²) in [5.74, 6) is -0.0326. The first kappa shape index (κ1) is 15.5. The van der Waals surface area contributed by atoms with E-state index in [0.29, 0.717) is 18.7 Å². The third-order valence-corrected chi connectivity index (χ3v) is 3.09. The van der Waals surface area contributed by atoms with Gasteiger partial charge in [0.2, 0.25) is 0 Å². The molecule has 19 heavy (non-hydrogen) atoms. The van der Waals surface area contributed by atoms with Crippen molar-refractivity contribution in [2.75, 3.05) is 33.7 Å². The van der Waals surface area contributed by atoms with E-state index in [4.69, 9.17) is 0 Å². The molecule has 0 unspecified atom stereocenters. The Bertz CT molecular complexity index is 430. The summed E-state index contributed by atoms with van der Waals surface area (Å²) >= 11 is 0. The van der Waals surface area contributed by atoms with Crippen LogP contribution in [0.15, 0.2) is 18.2 Å². The van der Waals surface area contributed by atoms with E-state index in [1.54, 1.807) is 17.0 Å². The summed E-state index contributed by atoms with van der Waals surface area (Å²) in [5, 5.41) is 9.86. The van der Waals surface area contributed by atoms with Gasteiger partial charge in [-0.2, -0.15) is 0 Å². The van der Waals surface area contributed by atoms with Crippen molar-refractivity contribution in [2.45, 2.75) is 20.3 Å². The number of phenolic OH excluding ortho intramolecular Hbond substituents is 1. The second-order valence-corrected chi connectivity index (χ2v) is 5.06.